The molecule has 2 heterocycles. The van der Waals surface area contributed by atoms with Crippen molar-refractivity contribution in [3.8, 4) is 0 Å². The molecule has 0 radical (unpaired) electrons. The number of benzene rings is 1. The Morgan fingerprint density at radius 1 is 1.11 bits per heavy atom. The largest absolute Gasteiger partial charge is 0.355 e. The molecular formula is C18H23N7OS. The molecule has 8 nitrogen and oxygen atoms in total. The van der Waals surface area contributed by atoms with Crippen LogP contribution in [0.25, 0.3) is 5.78 Å². The Bertz CT molecular complexity index is 970. The van der Waals surface area contributed by atoms with Gasteiger partial charge in [-0.05, 0) is 33.3 Å². The van der Waals surface area contributed by atoms with Crippen LogP contribution in [0.2, 0.25) is 0 Å². The molecule has 0 amide bonds. The Hall–Kier alpha value is -2.68. The SMILES string of the molecule is CCNc1nc(NCC)n2c(SCC(=O)c3ccc(C)cc3C)nnc2n1. The molecule has 2 aromatic heterocycles. The number of thioether (sulfide) groups is 1. The van der Waals surface area contributed by atoms with Crippen molar-refractivity contribution in [3.63, 3.8) is 0 Å². The molecule has 2 N–H and O–H groups in total. The molecule has 3 rings (SSSR count). The molecule has 0 bridgehead atoms. The summed E-state index contributed by atoms with van der Waals surface area (Å²) in [7, 11) is 0. The fourth-order valence-corrected chi connectivity index (χ4v) is 3.54. The van der Waals surface area contributed by atoms with E-state index in [1.807, 2.05) is 45.9 Å². The van der Waals surface area contributed by atoms with Gasteiger partial charge < -0.3 is 10.6 Å². The van der Waals surface area contributed by atoms with E-state index in [4.69, 9.17) is 0 Å². The molecular weight excluding hydrogens is 362 g/mol. The minimum Gasteiger partial charge on any atom is -0.355 e. The van der Waals surface area contributed by atoms with Gasteiger partial charge in [0.25, 0.3) is 5.78 Å². The smallest absolute Gasteiger partial charge is 0.261 e. The summed E-state index contributed by atoms with van der Waals surface area (Å²) in [6, 6.07) is 5.85. The lowest BCUT2D eigenvalue weighted by Crippen LogP contribution is -2.12. The first kappa shape index (κ1) is 19.1. The van der Waals surface area contributed by atoms with Crippen molar-refractivity contribution < 1.29 is 4.79 Å². The fraction of sp³-hybridized carbons (Fsp3) is 0.389. The van der Waals surface area contributed by atoms with E-state index in [0.717, 1.165) is 16.7 Å². The van der Waals surface area contributed by atoms with Gasteiger partial charge in [0.1, 0.15) is 0 Å². The average molecular weight is 385 g/mol. The zero-order chi connectivity index (χ0) is 19.4. The standard InChI is InChI=1S/C18H23N7OS/c1-5-19-15-21-16(20-6-2)25-17(22-15)23-24-18(25)27-10-14(26)13-8-7-11(3)9-12(13)4/h7-9H,5-6,10H2,1-4H3,(H2,19,20,21,22,23). The Morgan fingerprint density at radius 2 is 1.89 bits per heavy atom. The van der Waals surface area contributed by atoms with Gasteiger partial charge in [0, 0.05) is 18.7 Å². The Labute approximate surface area is 162 Å². The van der Waals surface area contributed by atoms with Crippen LogP contribution >= 0.6 is 11.8 Å². The molecule has 0 fully saturated rings. The quantitative estimate of drug-likeness (QED) is 0.451. The number of aryl methyl sites for hydroxylation is 2. The number of aromatic nitrogens is 5. The Balaban J connectivity index is 1.85. The third kappa shape index (κ3) is 4.19. The summed E-state index contributed by atoms with van der Waals surface area (Å²) in [4.78, 5) is 21.5. The monoisotopic (exact) mass is 385 g/mol. The van der Waals surface area contributed by atoms with Gasteiger partial charge in [0.2, 0.25) is 11.9 Å². The maximum atomic E-state index is 12.6. The zero-order valence-corrected chi connectivity index (χ0v) is 16.7. The highest BCUT2D eigenvalue weighted by Crippen LogP contribution is 2.22. The topological polar surface area (TPSA) is 97.1 Å². The van der Waals surface area contributed by atoms with Crippen molar-refractivity contribution in [1.29, 1.82) is 0 Å². The van der Waals surface area contributed by atoms with Gasteiger partial charge in [-0.25, -0.2) is 4.40 Å². The van der Waals surface area contributed by atoms with E-state index < -0.39 is 0 Å². The van der Waals surface area contributed by atoms with Crippen LogP contribution in [0.3, 0.4) is 0 Å². The Kier molecular flexibility index (Phi) is 5.90. The Morgan fingerprint density at radius 3 is 2.59 bits per heavy atom. The number of rotatable bonds is 8. The lowest BCUT2D eigenvalue weighted by atomic mass is 10.0. The molecule has 0 unspecified atom stereocenters. The van der Waals surface area contributed by atoms with E-state index in [0.29, 0.717) is 35.9 Å². The summed E-state index contributed by atoms with van der Waals surface area (Å²) in [6.45, 7) is 9.34. The average Bonchev–Trinajstić information content (AvgIpc) is 3.03. The van der Waals surface area contributed by atoms with Crippen LogP contribution in [0.5, 0.6) is 0 Å². The van der Waals surface area contributed by atoms with E-state index in [-0.39, 0.29) is 11.5 Å². The lowest BCUT2D eigenvalue weighted by Gasteiger charge is -2.10. The van der Waals surface area contributed by atoms with Crippen molar-refractivity contribution >= 4 is 35.2 Å². The zero-order valence-electron chi connectivity index (χ0n) is 15.9. The number of anilines is 2. The first-order valence-electron chi connectivity index (χ1n) is 8.87. The van der Waals surface area contributed by atoms with E-state index in [2.05, 4.69) is 30.8 Å². The van der Waals surface area contributed by atoms with Crippen molar-refractivity contribution in [1.82, 2.24) is 24.6 Å². The van der Waals surface area contributed by atoms with Crippen LogP contribution in [-0.2, 0) is 0 Å². The molecule has 0 saturated carbocycles. The number of ketones is 1. The van der Waals surface area contributed by atoms with E-state index in [1.54, 1.807) is 4.40 Å². The number of nitrogens with zero attached hydrogens (tertiary/aromatic N) is 5. The van der Waals surface area contributed by atoms with Crippen LogP contribution in [0.15, 0.2) is 23.4 Å². The van der Waals surface area contributed by atoms with Gasteiger partial charge in [0.15, 0.2) is 10.9 Å². The number of hydrogen-bond acceptors (Lipinski definition) is 8. The molecule has 27 heavy (non-hydrogen) atoms. The number of nitrogens with one attached hydrogen (secondary N) is 2. The van der Waals surface area contributed by atoms with E-state index in [1.165, 1.54) is 11.8 Å². The van der Waals surface area contributed by atoms with Crippen LogP contribution in [-0.4, -0.2) is 49.2 Å². The molecule has 142 valence electrons. The highest BCUT2D eigenvalue weighted by atomic mass is 32.2. The number of Topliss-reactive ketones (excluding diaryl/α,β-unsaturated/α-hetero) is 1. The van der Waals surface area contributed by atoms with Crippen molar-refractivity contribution in [2.45, 2.75) is 32.9 Å². The van der Waals surface area contributed by atoms with Gasteiger partial charge in [-0.2, -0.15) is 9.97 Å². The number of hydrogen-bond donors (Lipinski definition) is 2. The number of fused-ring (bicyclic) bond motifs is 1. The second kappa shape index (κ2) is 8.34. The van der Waals surface area contributed by atoms with Crippen LogP contribution < -0.4 is 10.6 Å². The van der Waals surface area contributed by atoms with Crippen molar-refractivity contribution in [3.05, 3.63) is 34.9 Å². The van der Waals surface area contributed by atoms with Gasteiger partial charge in [0.05, 0.1) is 5.75 Å². The summed E-state index contributed by atoms with van der Waals surface area (Å²) >= 11 is 1.33. The molecule has 0 aliphatic carbocycles. The van der Waals surface area contributed by atoms with Crippen LogP contribution in [0.1, 0.15) is 35.3 Å². The van der Waals surface area contributed by atoms with Crippen LogP contribution in [0.4, 0.5) is 11.9 Å². The lowest BCUT2D eigenvalue weighted by molar-refractivity contribution is 0.102. The molecule has 0 atom stereocenters. The first-order valence-corrected chi connectivity index (χ1v) is 9.86. The highest BCUT2D eigenvalue weighted by molar-refractivity contribution is 7.99. The molecule has 0 saturated heterocycles. The normalized spacial score (nSPS) is 11.0. The van der Waals surface area contributed by atoms with Crippen molar-refractivity contribution in [2.75, 3.05) is 29.5 Å². The van der Waals surface area contributed by atoms with Gasteiger partial charge in [-0.3, -0.25) is 4.79 Å². The molecule has 1 aromatic carbocycles. The van der Waals surface area contributed by atoms with E-state index in [9.17, 15) is 4.79 Å². The molecule has 3 aromatic rings. The third-order valence-corrected chi connectivity index (χ3v) is 4.86. The van der Waals surface area contributed by atoms with Gasteiger partial charge in [-0.15, -0.1) is 10.2 Å². The second-order valence-electron chi connectivity index (χ2n) is 6.08. The maximum absolute atomic E-state index is 12.6. The molecule has 9 heteroatoms. The van der Waals surface area contributed by atoms with Crippen molar-refractivity contribution in [2.24, 2.45) is 0 Å². The summed E-state index contributed by atoms with van der Waals surface area (Å²) < 4.78 is 1.74. The minimum absolute atomic E-state index is 0.0597. The number of carbonyl (C=O) groups is 1. The summed E-state index contributed by atoms with van der Waals surface area (Å²) in [5.41, 5.74) is 2.86. The van der Waals surface area contributed by atoms with Gasteiger partial charge >= 0.3 is 0 Å². The summed E-state index contributed by atoms with van der Waals surface area (Å²) in [5, 5.41) is 15.2. The summed E-state index contributed by atoms with van der Waals surface area (Å²) in [5.74, 6) is 1.87. The van der Waals surface area contributed by atoms with E-state index >= 15 is 0 Å². The first-order chi connectivity index (χ1) is 13.0. The fourth-order valence-electron chi connectivity index (χ4n) is 2.73. The molecule has 0 aliphatic rings. The predicted molar refractivity (Wildman–Crippen MR) is 108 cm³/mol. The third-order valence-electron chi connectivity index (χ3n) is 3.93. The highest BCUT2D eigenvalue weighted by Gasteiger charge is 2.17. The summed E-state index contributed by atoms with van der Waals surface area (Å²) in [6.07, 6.45) is 0. The second-order valence-corrected chi connectivity index (χ2v) is 7.02. The maximum Gasteiger partial charge on any atom is 0.261 e. The van der Waals surface area contributed by atoms with Crippen LogP contribution in [0, 0.1) is 13.8 Å². The molecule has 0 aliphatic heterocycles. The molecule has 0 spiro atoms. The minimum atomic E-state index is 0.0597. The number of carbonyl (C=O) groups excluding carboxylic acids is 1. The predicted octanol–water partition coefficient (Wildman–Crippen LogP) is 2.97. The van der Waals surface area contributed by atoms with Gasteiger partial charge in [-0.1, -0.05) is 35.5 Å².